The number of fused-ring (bicyclic) bond motifs is 1. The molecule has 178 valence electrons. The number of nitrogens with one attached hydrogen (secondary N) is 1. The zero-order chi connectivity index (χ0) is 24.6. The van der Waals surface area contributed by atoms with Crippen LogP contribution in [-0.2, 0) is 0 Å². The molecule has 0 radical (unpaired) electrons. The number of hydrogen-bond donors (Lipinski definition) is 1. The molecular weight excluding hydrogens is 444 g/mol. The quantitative estimate of drug-likeness (QED) is 0.464. The zero-order valence-electron chi connectivity index (χ0n) is 20.1. The van der Waals surface area contributed by atoms with Gasteiger partial charge in [-0.2, -0.15) is 14.9 Å². The third-order valence-electron chi connectivity index (χ3n) is 6.40. The Morgan fingerprint density at radius 2 is 1.94 bits per heavy atom. The van der Waals surface area contributed by atoms with Crippen LogP contribution in [0.5, 0.6) is 6.01 Å². The number of nitriles is 1. The second-order valence-corrected chi connectivity index (χ2v) is 9.33. The molecule has 0 aliphatic carbocycles. The summed E-state index contributed by atoms with van der Waals surface area (Å²) in [4.78, 5) is 15.2. The normalized spacial score (nSPS) is 17.2. The molecule has 1 fully saturated rings. The zero-order valence-corrected chi connectivity index (χ0v) is 20.1. The maximum Gasteiger partial charge on any atom is 0.316 e. The number of anilines is 2. The number of ether oxygens (including phenoxy) is 1. The van der Waals surface area contributed by atoms with E-state index in [1.54, 1.807) is 18.5 Å². The summed E-state index contributed by atoms with van der Waals surface area (Å²) in [5, 5.41) is 25.8. The van der Waals surface area contributed by atoms with Gasteiger partial charge in [-0.15, -0.1) is 10.2 Å². The van der Waals surface area contributed by atoms with E-state index in [0.29, 0.717) is 11.7 Å². The summed E-state index contributed by atoms with van der Waals surface area (Å²) < 4.78 is 6.91. The van der Waals surface area contributed by atoms with Crippen molar-refractivity contribution >= 4 is 17.3 Å². The highest BCUT2D eigenvalue weighted by atomic mass is 16.5. The first-order valence-corrected chi connectivity index (χ1v) is 11.3. The van der Waals surface area contributed by atoms with Crippen LogP contribution in [0.2, 0.25) is 0 Å². The van der Waals surface area contributed by atoms with Gasteiger partial charge in [-0.05, 0) is 25.5 Å². The first kappa shape index (κ1) is 22.5. The molecule has 11 nitrogen and oxygen atoms in total. The third kappa shape index (κ3) is 4.30. The molecule has 0 spiro atoms. The van der Waals surface area contributed by atoms with E-state index in [4.69, 9.17) is 15.1 Å². The van der Waals surface area contributed by atoms with Crippen LogP contribution in [0.4, 0.5) is 11.6 Å². The number of hydrogen-bond acceptors (Lipinski definition) is 10. The number of nitrogens with zero attached hydrogens (tertiary/aromatic N) is 9. The van der Waals surface area contributed by atoms with Crippen molar-refractivity contribution in [2.24, 2.45) is 5.41 Å². The molecule has 0 saturated carbocycles. The smallest absolute Gasteiger partial charge is 0.316 e. The number of piperidine rings is 1. The highest BCUT2D eigenvalue weighted by Crippen LogP contribution is 2.34. The van der Waals surface area contributed by atoms with Gasteiger partial charge in [0.15, 0.2) is 17.2 Å². The van der Waals surface area contributed by atoms with Gasteiger partial charge < -0.3 is 15.0 Å². The van der Waals surface area contributed by atoms with E-state index < -0.39 is 0 Å². The van der Waals surface area contributed by atoms with Gasteiger partial charge in [0.2, 0.25) is 0 Å². The monoisotopic (exact) mass is 470 g/mol. The standard InChI is InChI=1S/C24H26N10O/c1-15-11-26-21-9-18(16-12-27-23(35-4)28-13-16)32-34(21)22(15)29-19-7-8-33(14-24(19,2)3)20-6-5-17(10-25)30-31-20/h5-6,9,11-13,19,29H,7-8,14H2,1-4H3. The van der Waals surface area contributed by atoms with Gasteiger partial charge in [0, 0.05) is 60.3 Å². The molecule has 5 heterocycles. The third-order valence-corrected chi connectivity index (χ3v) is 6.40. The summed E-state index contributed by atoms with van der Waals surface area (Å²) in [6, 6.07) is 8.02. The average molecular weight is 471 g/mol. The topological polar surface area (TPSA) is 130 Å². The lowest BCUT2D eigenvalue weighted by molar-refractivity contribution is 0.259. The first-order valence-electron chi connectivity index (χ1n) is 11.3. The Hall–Kier alpha value is -4.33. The Morgan fingerprint density at radius 1 is 1.14 bits per heavy atom. The van der Waals surface area contributed by atoms with Crippen LogP contribution in [0, 0.1) is 23.7 Å². The lowest BCUT2D eigenvalue weighted by Crippen LogP contribution is -2.52. The van der Waals surface area contributed by atoms with Gasteiger partial charge in [-0.3, -0.25) is 0 Å². The van der Waals surface area contributed by atoms with Gasteiger partial charge in [-0.1, -0.05) is 13.8 Å². The number of aryl methyl sites for hydroxylation is 1. The maximum absolute atomic E-state index is 8.98. The predicted octanol–water partition coefficient (Wildman–Crippen LogP) is 2.88. The van der Waals surface area contributed by atoms with Crippen molar-refractivity contribution in [2.75, 3.05) is 30.4 Å². The Kier molecular flexibility index (Phi) is 5.64. The highest BCUT2D eigenvalue weighted by Gasteiger charge is 2.37. The van der Waals surface area contributed by atoms with Crippen LogP contribution in [-0.4, -0.2) is 61.0 Å². The van der Waals surface area contributed by atoms with Gasteiger partial charge >= 0.3 is 6.01 Å². The largest absolute Gasteiger partial charge is 0.467 e. The van der Waals surface area contributed by atoms with E-state index >= 15 is 0 Å². The van der Waals surface area contributed by atoms with E-state index in [0.717, 1.165) is 53.6 Å². The van der Waals surface area contributed by atoms with E-state index in [-0.39, 0.29) is 11.5 Å². The minimum absolute atomic E-state index is 0.0737. The minimum atomic E-state index is -0.0737. The average Bonchev–Trinajstić information content (AvgIpc) is 3.31. The molecule has 1 N–H and O–H groups in total. The lowest BCUT2D eigenvalue weighted by Gasteiger charge is -2.45. The molecular formula is C24H26N10O. The van der Waals surface area contributed by atoms with Crippen LogP contribution >= 0.6 is 0 Å². The van der Waals surface area contributed by atoms with Crippen LogP contribution in [0.3, 0.4) is 0 Å². The summed E-state index contributed by atoms with van der Waals surface area (Å²) in [7, 11) is 1.54. The van der Waals surface area contributed by atoms with E-state index in [1.165, 1.54) is 7.11 Å². The van der Waals surface area contributed by atoms with Crippen LogP contribution in [0.1, 0.15) is 31.5 Å². The second kappa shape index (κ2) is 8.79. The number of aromatic nitrogens is 7. The lowest BCUT2D eigenvalue weighted by atomic mass is 9.79. The maximum atomic E-state index is 8.98. The van der Waals surface area contributed by atoms with Crippen molar-refractivity contribution in [3.8, 4) is 23.3 Å². The molecule has 35 heavy (non-hydrogen) atoms. The predicted molar refractivity (Wildman–Crippen MR) is 130 cm³/mol. The Morgan fingerprint density at radius 3 is 2.60 bits per heavy atom. The highest BCUT2D eigenvalue weighted by molar-refractivity contribution is 5.65. The Balaban J connectivity index is 1.40. The fraction of sp³-hybridized carbons (Fsp3) is 0.375. The molecule has 1 aliphatic rings. The molecule has 1 atom stereocenters. The van der Waals surface area contributed by atoms with Crippen molar-refractivity contribution in [1.82, 2.24) is 34.8 Å². The van der Waals surface area contributed by atoms with Crippen molar-refractivity contribution in [1.29, 1.82) is 5.26 Å². The molecule has 0 amide bonds. The van der Waals surface area contributed by atoms with Gasteiger partial charge in [0.25, 0.3) is 0 Å². The minimum Gasteiger partial charge on any atom is -0.467 e. The van der Waals surface area contributed by atoms with Gasteiger partial charge in [0.1, 0.15) is 11.9 Å². The summed E-state index contributed by atoms with van der Waals surface area (Å²) in [5.41, 5.74) is 3.53. The fourth-order valence-corrected chi connectivity index (χ4v) is 4.43. The van der Waals surface area contributed by atoms with Crippen molar-refractivity contribution < 1.29 is 4.74 Å². The van der Waals surface area contributed by atoms with Crippen LogP contribution in [0.25, 0.3) is 16.9 Å². The molecule has 1 aliphatic heterocycles. The molecule has 1 unspecified atom stereocenters. The first-order chi connectivity index (χ1) is 16.9. The van der Waals surface area contributed by atoms with Crippen molar-refractivity contribution in [2.45, 2.75) is 33.2 Å². The Bertz CT molecular complexity index is 1390. The summed E-state index contributed by atoms with van der Waals surface area (Å²) >= 11 is 0. The fourth-order valence-electron chi connectivity index (χ4n) is 4.43. The van der Waals surface area contributed by atoms with Gasteiger partial charge in [-0.25, -0.2) is 15.0 Å². The summed E-state index contributed by atoms with van der Waals surface area (Å²) in [6.07, 6.45) is 6.15. The Labute approximate surface area is 202 Å². The molecule has 4 aromatic rings. The van der Waals surface area contributed by atoms with Gasteiger partial charge in [0.05, 0.1) is 12.8 Å². The second-order valence-electron chi connectivity index (χ2n) is 9.33. The molecule has 0 bridgehead atoms. The molecule has 0 aromatic carbocycles. The van der Waals surface area contributed by atoms with E-state index in [2.05, 4.69) is 49.2 Å². The van der Waals surface area contributed by atoms with Crippen LogP contribution in [0.15, 0.2) is 36.8 Å². The molecule has 11 heteroatoms. The van der Waals surface area contributed by atoms with E-state index in [9.17, 15) is 0 Å². The van der Waals surface area contributed by atoms with Crippen molar-refractivity contribution in [3.05, 3.63) is 48.0 Å². The van der Waals surface area contributed by atoms with E-state index in [1.807, 2.05) is 35.8 Å². The summed E-state index contributed by atoms with van der Waals surface area (Å²) in [5.74, 6) is 1.71. The molecule has 4 aromatic heterocycles. The molecule has 5 rings (SSSR count). The van der Waals surface area contributed by atoms with Crippen LogP contribution < -0.4 is 15.0 Å². The number of methoxy groups -OCH3 is 1. The SMILES string of the molecule is COc1ncc(-c2cc3ncc(C)c(NC4CCN(c5ccc(C#N)nn5)CC4(C)C)n3n2)cn1. The molecule has 1 saturated heterocycles. The number of rotatable bonds is 5. The summed E-state index contributed by atoms with van der Waals surface area (Å²) in [6.45, 7) is 8.13. The van der Waals surface area contributed by atoms with Crippen molar-refractivity contribution in [3.63, 3.8) is 0 Å².